The molecule has 0 aliphatic carbocycles. The highest BCUT2D eigenvalue weighted by Gasteiger charge is 2.15. The molecule has 1 atom stereocenters. The van der Waals surface area contributed by atoms with Crippen molar-refractivity contribution in [2.45, 2.75) is 32.8 Å². The van der Waals surface area contributed by atoms with Crippen molar-refractivity contribution in [1.82, 2.24) is 10.2 Å². The first-order valence-corrected chi connectivity index (χ1v) is 5.84. The number of rotatable bonds is 5. The maximum atomic E-state index is 11.7. The molecule has 0 aromatic carbocycles. The predicted octanol–water partition coefficient (Wildman–Crippen LogP) is 0.623. The maximum absolute atomic E-state index is 11.7. The van der Waals surface area contributed by atoms with Crippen LogP contribution in [0.5, 0.6) is 0 Å². The van der Waals surface area contributed by atoms with Crippen molar-refractivity contribution < 1.29 is 9.53 Å². The van der Waals surface area contributed by atoms with Crippen LogP contribution in [-0.2, 0) is 9.53 Å². The third-order valence-corrected chi connectivity index (χ3v) is 2.76. The number of nitrogens with zero attached hydrogens (tertiary/aromatic N) is 1. The Morgan fingerprint density at radius 1 is 1.47 bits per heavy atom. The second-order valence-corrected chi connectivity index (χ2v) is 3.97. The fraction of sp³-hybridized carbons (Fsp3) is 0.909. The standard InChI is InChI=1S/C11H22N2O2/c1-3-10(2)15-9-4-11(14)13-7-5-12-6-8-13/h10,12H,3-9H2,1-2H3. The van der Waals surface area contributed by atoms with Gasteiger partial charge in [0.25, 0.3) is 0 Å². The van der Waals surface area contributed by atoms with E-state index < -0.39 is 0 Å². The zero-order valence-electron chi connectivity index (χ0n) is 9.79. The highest BCUT2D eigenvalue weighted by Crippen LogP contribution is 2.00. The smallest absolute Gasteiger partial charge is 0.224 e. The second-order valence-electron chi connectivity index (χ2n) is 3.97. The lowest BCUT2D eigenvalue weighted by molar-refractivity contribution is -0.133. The van der Waals surface area contributed by atoms with Gasteiger partial charge in [-0.3, -0.25) is 4.79 Å². The minimum Gasteiger partial charge on any atom is -0.378 e. The van der Waals surface area contributed by atoms with Crippen LogP contribution in [0.25, 0.3) is 0 Å². The summed E-state index contributed by atoms with van der Waals surface area (Å²) in [6, 6.07) is 0. The lowest BCUT2D eigenvalue weighted by Crippen LogP contribution is -2.46. The first kappa shape index (κ1) is 12.5. The molecule has 0 saturated carbocycles. The van der Waals surface area contributed by atoms with Crippen LogP contribution in [0.4, 0.5) is 0 Å². The van der Waals surface area contributed by atoms with Gasteiger partial charge in [-0.05, 0) is 13.3 Å². The van der Waals surface area contributed by atoms with Crippen molar-refractivity contribution >= 4 is 5.91 Å². The lowest BCUT2D eigenvalue weighted by Gasteiger charge is -2.27. The van der Waals surface area contributed by atoms with Crippen LogP contribution >= 0.6 is 0 Å². The molecule has 4 nitrogen and oxygen atoms in total. The second kappa shape index (κ2) is 6.80. The quantitative estimate of drug-likeness (QED) is 0.729. The summed E-state index contributed by atoms with van der Waals surface area (Å²) < 4.78 is 5.49. The average molecular weight is 214 g/mol. The van der Waals surface area contributed by atoms with Crippen molar-refractivity contribution in [1.29, 1.82) is 0 Å². The van der Waals surface area contributed by atoms with Crippen molar-refractivity contribution in [3.05, 3.63) is 0 Å². The third kappa shape index (κ3) is 4.62. The summed E-state index contributed by atoms with van der Waals surface area (Å²) in [6.45, 7) is 8.18. The van der Waals surface area contributed by atoms with E-state index in [2.05, 4.69) is 12.2 Å². The molecule has 1 unspecified atom stereocenters. The number of carbonyl (C=O) groups excluding carboxylic acids is 1. The molecule has 1 rings (SSSR count). The van der Waals surface area contributed by atoms with Crippen LogP contribution in [0.15, 0.2) is 0 Å². The van der Waals surface area contributed by atoms with Crippen LogP contribution < -0.4 is 5.32 Å². The molecule has 1 heterocycles. The summed E-state index contributed by atoms with van der Waals surface area (Å²) in [5.41, 5.74) is 0. The first-order valence-electron chi connectivity index (χ1n) is 5.84. The number of ether oxygens (including phenoxy) is 1. The van der Waals surface area contributed by atoms with E-state index in [1.807, 2.05) is 11.8 Å². The summed E-state index contributed by atoms with van der Waals surface area (Å²) in [6.07, 6.45) is 1.78. The Morgan fingerprint density at radius 3 is 2.73 bits per heavy atom. The SMILES string of the molecule is CCC(C)OCCC(=O)N1CCNCC1. The van der Waals surface area contributed by atoms with E-state index in [0.717, 1.165) is 32.6 Å². The van der Waals surface area contributed by atoms with E-state index in [1.54, 1.807) is 0 Å². The number of piperazine rings is 1. The van der Waals surface area contributed by atoms with Crippen molar-refractivity contribution in [3.8, 4) is 0 Å². The summed E-state index contributed by atoms with van der Waals surface area (Å²) >= 11 is 0. The molecule has 0 aromatic heterocycles. The summed E-state index contributed by atoms with van der Waals surface area (Å²) in [5, 5.41) is 3.23. The zero-order chi connectivity index (χ0) is 11.1. The van der Waals surface area contributed by atoms with E-state index in [4.69, 9.17) is 4.74 Å². The lowest BCUT2D eigenvalue weighted by atomic mass is 10.3. The van der Waals surface area contributed by atoms with E-state index in [0.29, 0.717) is 13.0 Å². The van der Waals surface area contributed by atoms with Crippen LogP contribution in [0.3, 0.4) is 0 Å². The Bertz CT molecular complexity index is 191. The average Bonchev–Trinajstić information content (AvgIpc) is 2.29. The molecule has 0 spiro atoms. The molecule has 1 aliphatic rings. The molecule has 15 heavy (non-hydrogen) atoms. The normalized spacial score (nSPS) is 18.9. The Balaban J connectivity index is 2.12. The van der Waals surface area contributed by atoms with Gasteiger partial charge in [-0.1, -0.05) is 6.92 Å². The number of nitrogens with one attached hydrogen (secondary N) is 1. The van der Waals surface area contributed by atoms with Gasteiger partial charge < -0.3 is 15.0 Å². The fourth-order valence-electron chi connectivity index (χ4n) is 1.54. The molecule has 1 saturated heterocycles. The third-order valence-electron chi connectivity index (χ3n) is 2.76. The Labute approximate surface area is 92.0 Å². The first-order chi connectivity index (χ1) is 7.24. The topological polar surface area (TPSA) is 41.6 Å². The van der Waals surface area contributed by atoms with Gasteiger partial charge in [0, 0.05) is 26.2 Å². The van der Waals surface area contributed by atoms with Crippen LogP contribution in [0, 0.1) is 0 Å². The monoisotopic (exact) mass is 214 g/mol. The summed E-state index contributed by atoms with van der Waals surface area (Å²) in [5.74, 6) is 0.222. The van der Waals surface area contributed by atoms with Gasteiger partial charge in [-0.2, -0.15) is 0 Å². The van der Waals surface area contributed by atoms with Crippen LogP contribution in [0.2, 0.25) is 0 Å². The molecule has 0 radical (unpaired) electrons. The van der Waals surface area contributed by atoms with Gasteiger partial charge in [0.15, 0.2) is 0 Å². The Hall–Kier alpha value is -0.610. The highest BCUT2D eigenvalue weighted by molar-refractivity contribution is 5.76. The van der Waals surface area contributed by atoms with E-state index >= 15 is 0 Å². The summed E-state index contributed by atoms with van der Waals surface area (Å²) in [4.78, 5) is 13.6. The Morgan fingerprint density at radius 2 is 2.13 bits per heavy atom. The molecular formula is C11H22N2O2. The minimum atomic E-state index is 0.222. The molecule has 1 fully saturated rings. The number of hydrogen-bond acceptors (Lipinski definition) is 3. The number of carbonyl (C=O) groups is 1. The van der Waals surface area contributed by atoms with Gasteiger partial charge in [0.2, 0.25) is 5.91 Å². The van der Waals surface area contributed by atoms with Gasteiger partial charge >= 0.3 is 0 Å². The van der Waals surface area contributed by atoms with Gasteiger partial charge in [-0.25, -0.2) is 0 Å². The molecule has 88 valence electrons. The zero-order valence-corrected chi connectivity index (χ0v) is 9.79. The maximum Gasteiger partial charge on any atom is 0.224 e. The predicted molar refractivity (Wildman–Crippen MR) is 59.8 cm³/mol. The number of hydrogen-bond donors (Lipinski definition) is 1. The molecular weight excluding hydrogens is 192 g/mol. The van der Waals surface area contributed by atoms with Crippen molar-refractivity contribution in [2.75, 3.05) is 32.8 Å². The highest BCUT2D eigenvalue weighted by atomic mass is 16.5. The van der Waals surface area contributed by atoms with E-state index in [1.165, 1.54) is 0 Å². The van der Waals surface area contributed by atoms with E-state index in [9.17, 15) is 4.79 Å². The molecule has 1 amide bonds. The molecule has 1 aliphatic heterocycles. The van der Waals surface area contributed by atoms with Gasteiger partial charge in [-0.15, -0.1) is 0 Å². The van der Waals surface area contributed by atoms with Crippen LogP contribution in [0.1, 0.15) is 26.7 Å². The molecule has 0 aromatic rings. The van der Waals surface area contributed by atoms with Crippen molar-refractivity contribution in [2.24, 2.45) is 0 Å². The minimum absolute atomic E-state index is 0.222. The summed E-state index contributed by atoms with van der Waals surface area (Å²) in [7, 11) is 0. The van der Waals surface area contributed by atoms with Gasteiger partial charge in [0.1, 0.15) is 0 Å². The molecule has 0 bridgehead atoms. The molecule has 4 heteroatoms. The Kier molecular flexibility index (Phi) is 5.65. The van der Waals surface area contributed by atoms with Gasteiger partial charge in [0.05, 0.1) is 19.1 Å². The fourth-order valence-corrected chi connectivity index (χ4v) is 1.54. The molecule has 1 N–H and O–H groups in total. The van der Waals surface area contributed by atoms with Crippen molar-refractivity contribution in [3.63, 3.8) is 0 Å². The largest absolute Gasteiger partial charge is 0.378 e. The van der Waals surface area contributed by atoms with E-state index in [-0.39, 0.29) is 12.0 Å². The number of amides is 1. The van der Waals surface area contributed by atoms with Crippen LogP contribution in [-0.4, -0.2) is 49.7 Å².